The van der Waals surface area contributed by atoms with Crippen LogP contribution in [0.4, 0.5) is 24.8 Å². The normalized spacial score (nSPS) is 16.2. The molecule has 10 heteroatoms. The second-order valence-corrected chi connectivity index (χ2v) is 6.45. The fourth-order valence-electron chi connectivity index (χ4n) is 3.19. The summed E-state index contributed by atoms with van der Waals surface area (Å²) in [6.45, 7) is 1.69. The van der Waals surface area contributed by atoms with Gasteiger partial charge in [-0.2, -0.15) is 17.9 Å². The Morgan fingerprint density at radius 1 is 1.10 bits per heavy atom. The van der Waals surface area contributed by atoms with Crippen LogP contribution in [-0.2, 0) is 11.0 Å². The number of rotatable bonds is 3. The van der Waals surface area contributed by atoms with Crippen LogP contribution in [-0.4, -0.2) is 26.1 Å². The molecule has 7 nitrogen and oxygen atoms in total. The van der Waals surface area contributed by atoms with Crippen LogP contribution in [0, 0.1) is 0 Å². The summed E-state index contributed by atoms with van der Waals surface area (Å²) in [5.41, 5.74) is 1.07. The van der Waals surface area contributed by atoms with Crippen molar-refractivity contribution >= 4 is 17.5 Å². The molecular weight excluding hydrogens is 385 g/mol. The molecule has 0 aliphatic carbocycles. The molecule has 1 aliphatic heterocycles. The average molecular weight is 400 g/mol. The minimum atomic E-state index is -4.45. The molecule has 1 aliphatic rings. The Bertz CT molecular complexity index is 1070. The number of anilines is 2. The van der Waals surface area contributed by atoms with Gasteiger partial charge in [0.2, 0.25) is 5.95 Å². The molecule has 29 heavy (non-hydrogen) atoms. The highest BCUT2D eigenvalue weighted by Crippen LogP contribution is 2.36. The number of allylic oxidation sites excluding steroid dienone is 1. The monoisotopic (exact) mass is 400 g/mol. The van der Waals surface area contributed by atoms with Crippen LogP contribution in [0.3, 0.4) is 0 Å². The number of amides is 1. The number of alkyl halides is 3. The maximum atomic E-state index is 13.0. The van der Waals surface area contributed by atoms with Crippen LogP contribution in [0.25, 0.3) is 0 Å². The van der Waals surface area contributed by atoms with Gasteiger partial charge in [-0.1, -0.05) is 35.4 Å². The minimum absolute atomic E-state index is 0.295. The third-order valence-corrected chi connectivity index (χ3v) is 4.54. The fourth-order valence-corrected chi connectivity index (χ4v) is 3.19. The standard InChI is InChI=1S/C19H15F3N6O/c1-11-15(17(29)24-14-5-3-2-4-6-14)16(28-18(23-11)25-26-27-28)12-7-9-13(10-8-12)19(20,21)22/h2-10,16H,1H3,(H,24,29)(H,23,25,27)/t16-/m0/s1. The van der Waals surface area contributed by atoms with Crippen LogP contribution in [0.1, 0.15) is 24.1 Å². The Kier molecular flexibility index (Phi) is 4.53. The molecule has 0 saturated heterocycles. The number of fused-ring (bicyclic) bond motifs is 1. The Hall–Kier alpha value is -3.69. The highest BCUT2D eigenvalue weighted by atomic mass is 19.4. The van der Waals surface area contributed by atoms with Gasteiger partial charge in [0.25, 0.3) is 5.91 Å². The van der Waals surface area contributed by atoms with E-state index in [2.05, 4.69) is 26.2 Å². The Morgan fingerprint density at radius 3 is 2.45 bits per heavy atom. The van der Waals surface area contributed by atoms with E-state index in [1.54, 1.807) is 31.2 Å². The van der Waals surface area contributed by atoms with Gasteiger partial charge in [0.15, 0.2) is 0 Å². The molecule has 0 bridgehead atoms. The molecule has 0 unspecified atom stereocenters. The van der Waals surface area contributed by atoms with E-state index < -0.39 is 23.7 Å². The first-order valence-electron chi connectivity index (χ1n) is 8.64. The summed E-state index contributed by atoms with van der Waals surface area (Å²) in [5, 5.41) is 17.1. The van der Waals surface area contributed by atoms with Crippen molar-refractivity contribution in [2.24, 2.45) is 0 Å². The molecule has 2 aromatic carbocycles. The molecule has 1 aromatic heterocycles. The zero-order chi connectivity index (χ0) is 20.6. The van der Waals surface area contributed by atoms with Crippen molar-refractivity contribution in [3.05, 3.63) is 77.0 Å². The molecule has 2 heterocycles. The predicted molar refractivity (Wildman–Crippen MR) is 98.8 cm³/mol. The van der Waals surface area contributed by atoms with Crippen molar-refractivity contribution in [3.63, 3.8) is 0 Å². The van der Waals surface area contributed by atoms with Gasteiger partial charge in [-0.05, 0) is 47.2 Å². The largest absolute Gasteiger partial charge is 0.416 e. The lowest BCUT2D eigenvalue weighted by atomic mass is 9.94. The number of halogens is 3. The zero-order valence-electron chi connectivity index (χ0n) is 15.1. The number of tetrazole rings is 1. The molecule has 1 amide bonds. The molecule has 1 atom stereocenters. The summed E-state index contributed by atoms with van der Waals surface area (Å²) < 4.78 is 40.2. The van der Waals surface area contributed by atoms with E-state index in [1.165, 1.54) is 16.8 Å². The van der Waals surface area contributed by atoms with Crippen molar-refractivity contribution in [3.8, 4) is 0 Å². The van der Waals surface area contributed by atoms with Crippen molar-refractivity contribution in [1.82, 2.24) is 20.2 Å². The number of hydrogen-bond donors (Lipinski definition) is 2. The van der Waals surface area contributed by atoms with Gasteiger partial charge >= 0.3 is 6.18 Å². The quantitative estimate of drug-likeness (QED) is 0.702. The lowest BCUT2D eigenvalue weighted by Crippen LogP contribution is -2.31. The van der Waals surface area contributed by atoms with Crippen LogP contribution in [0.2, 0.25) is 0 Å². The zero-order valence-corrected chi connectivity index (χ0v) is 15.1. The molecule has 0 spiro atoms. The smallest absolute Gasteiger partial charge is 0.326 e. The number of carbonyl (C=O) groups is 1. The fraction of sp³-hybridized carbons (Fsp3) is 0.158. The SMILES string of the molecule is CC1=C(C(=O)Nc2ccccc2)[C@H](c2ccc(C(F)(F)F)cc2)n2nnnc2N1. The van der Waals surface area contributed by atoms with E-state index in [0.717, 1.165) is 12.1 Å². The highest BCUT2D eigenvalue weighted by Gasteiger charge is 2.35. The van der Waals surface area contributed by atoms with Crippen LogP contribution in [0.5, 0.6) is 0 Å². The van der Waals surface area contributed by atoms with Crippen LogP contribution in [0.15, 0.2) is 65.9 Å². The first-order chi connectivity index (χ1) is 13.8. The van der Waals surface area contributed by atoms with E-state index in [4.69, 9.17) is 0 Å². The molecule has 3 aromatic rings. The Morgan fingerprint density at radius 2 is 1.79 bits per heavy atom. The number of para-hydroxylation sites is 1. The van der Waals surface area contributed by atoms with Gasteiger partial charge in [0, 0.05) is 11.4 Å². The van der Waals surface area contributed by atoms with Gasteiger partial charge < -0.3 is 10.6 Å². The van der Waals surface area contributed by atoms with Crippen molar-refractivity contribution in [1.29, 1.82) is 0 Å². The molecule has 2 N–H and O–H groups in total. The third kappa shape index (κ3) is 3.56. The van der Waals surface area contributed by atoms with Gasteiger partial charge in [0.1, 0.15) is 6.04 Å². The second-order valence-electron chi connectivity index (χ2n) is 6.45. The third-order valence-electron chi connectivity index (χ3n) is 4.54. The van der Waals surface area contributed by atoms with Crippen molar-refractivity contribution in [2.75, 3.05) is 10.6 Å². The van der Waals surface area contributed by atoms with Gasteiger partial charge in [0.05, 0.1) is 11.1 Å². The Labute approximate surface area is 163 Å². The summed E-state index contributed by atoms with van der Waals surface area (Å²) in [6, 6.07) is 12.7. The number of benzene rings is 2. The Balaban J connectivity index is 1.75. The van der Waals surface area contributed by atoms with E-state index in [-0.39, 0.29) is 0 Å². The first-order valence-corrected chi connectivity index (χ1v) is 8.64. The van der Waals surface area contributed by atoms with Gasteiger partial charge in [-0.3, -0.25) is 4.79 Å². The lowest BCUT2D eigenvalue weighted by Gasteiger charge is -2.28. The van der Waals surface area contributed by atoms with E-state index >= 15 is 0 Å². The molecular formula is C19H15F3N6O. The predicted octanol–water partition coefficient (Wildman–Crippen LogP) is 3.62. The topological polar surface area (TPSA) is 84.7 Å². The van der Waals surface area contributed by atoms with Crippen LogP contribution >= 0.6 is 0 Å². The molecule has 148 valence electrons. The summed E-state index contributed by atoms with van der Waals surface area (Å²) in [7, 11) is 0. The van der Waals surface area contributed by atoms with Gasteiger partial charge in [-0.15, -0.1) is 0 Å². The van der Waals surface area contributed by atoms with Crippen molar-refractivity contribution in [2.45, 2.75) is 19.1 Å². The second kappa shape index (κ2) is 7.04. The van der Waals surface area contributed by atoms with E-state index in [9.17, 15) is 18.0 Å². The first kappa shape index (κ1) is 18.7. The maximum Gasteiger partial charge on any atom is 0.416 e. The maximum absolute atomic E-state index is 13.0. The molecule has 0 radical (unpaired) electrons. The van der Waals surface area contributed by atoms with E-state index in [0.29, 0.717) is 28.5 Å². The van der Waals surface area contributed by atoms with Crippen molar-refractivity contribution < 1.29 is 18.0 Å². The number of nitrogens with one attached hydrogen (secondary N) is 2. The molecule has 0 saturated carbocycles. The number of aromatic nitrogens is 4. The molecule has 0 fully saturated rings. The summed E-state index contributed by atoms with van der Waals surface area (Å²) in [6.07, 6.45) is -4.45. The van der Waals surface area contributed by atoms with Crippen LogP contribution < -0.4 is 10.6 Å². The summed E-state index contributed by atoms with van der Waals surface area (Å²) >= 11 is 0. The summed E-state index contributed by atoms with van der Waals surface area (Å²) in [5.74, 6) is -0.115. The van der Waals surface area contributed by atoms with E-state index in [1.807, 2.05) is 6.07 Å². The number of hydrogen-bond acceptors (Lipinski definition) is 5. The molecule has 4 rings (SSSR count). The summed E-state index contributed by atoms with van der Waals surface area (Å²) in [4.78, 5) is 13.0. The number of nitrogens with zero attached hydrogens (tertiary/aromatic N) is 4. The lowest BCUT2D eigenvalue weighted by molar-refractivity contribution is -0.137. The minimum Gasteiger partial charge on any atom is -0.326 e. The highest BCUT2D eigenvalue weighted by molar-refractivity contribution is 6.05. The average Bonchev–Trinajstić information content (AvgIpc) is 3.15. The number of carbonyl (C=O) groups excluding carboxylic acids is 1. The van der Waals surface area contributed by atoms with Gasteiger partial charge in [-0.25, -0.2) is 0 Å².